The van der Waals surface area contributed by atoms with Gasteiger partial charge in [-0.15, -0.1) is 0 Å². The molecule has 0 N–H and O–H groups in total. The highest BCUT2D eigenvalue weighted by Crippen LogP contribution is 2.30. The molecule has 0 aromatic carbocycles. The van der Waals surface area contributed by atoms with E-state index >= 15 is 0 Å². The van der Waals surface area contributed by atoms with Gasteiger partial charge in [-0.25, -0.2) is 9.97 Å². The Bertz CT molecular complexity index is 798. The molecule has 148 valence electrons. The van der Waals surface area contributed by atoms with Crippen molar-refractivity contribution in [1.29, 1.82) is 0 Å². The van der Waals surface area contributed by atoms with Crippen LogP contribution in [0.4, 0.5) is 0 Å². The van der Waals surface area contributed by atoms with Crippen molar-refractivity contribution in [3.63, 3.8) is 0 Å². The lowest BCUT2D eigenvalue weighted by Gasteiger charge is -2.24. The number of rotatable bonds is 5. The number of imidazole rings is 1. The summed E-state index contributed by atoms with van der Waals surface area (Å²) in [7, 11) is 0. The van der Waals surface area contributed by atoms with Crippen molar-refractivity contribution >= 4 is 22.9 Å². The van der Waals surface area contributed by atoms with Gasteiger partial charge in [0.25, 0.3) is 0 Å². The minimum absolute atomic E-state index is 0.00787. The average Bonchev–Trinajstić information content (AvgIpc) is 3.01. The molecular formula is C21H32N4OS. The van der Waals surface area contributed by atoms with Gasteiger partial charge in [0, 0.05) is 43.5 Å². The first-order valence-electron chi connectivity index (χ1n) is 10.1. The summed E-state index contributed by atoms with van der Waals surface area (Å²) in [5.74, 6) is 0.649. The summed E-state index contributed by atoms with van der Waals surface area (Å²) in [5.41, 5.74) is 4.23. The van der Waals surface area contributed by atoms with Crippen LogP contribution in [0.5, 0.6) is 0 Å². The summed E-state index contributed by atoms with van der Waals surface area (Å²) in [4.78, 5) is 12.7. The fourth-order valence-electron chi connectivity index (χ4n) is 3.80. The Morgan fingerprint density at radius 2 is 1.93 bits per heavy atom. The Balaban J connectivity index is 2.01. The summed E-state index contributed by atoms with van der Waals surface area (Å²) in [6, 6.07) is 2.05. The van der Waals surface area contributed by atoms with E-state index in [2.05, 4.69) is 48.9 Å². The van der Waals surface area contributed by atoms with E-state index in [1.165, 1.54) is 11.4 Å². The highest BCUT2D eigenvalue weighted by atomic mass is 32.1. The predicted octanol–water partition coefficient (Wildman–Crippen LogP) is 4.01. The molecule has 3 rings (SSSR count). The van der Waals surface area contributed by atoms with Crippen molar-refractivity contribution < 1.29 is 4.74 Å². The number of thiocarbonyl (C=S) groups is 1. The molecule has 0 radical (unpaired) electrons. The first-order chi connectivity index (χ1) is 12.8. The van der Waals surface area contributed by atoms with Crippen molar-refractivity contribution in [2.24, 2.45) is 5.92 Å². The van der Waals surface area contributed by atoms with Crippen LogP contribution in [-0.4, -0.2) is 50.6 Å². The third-order valence-corrected chi connectivity index (χ3v) is 5.89. The van der Waals surface area contributed by atoms with Crippen LogP contribution in [0.2, 0.25) is 0 Å². The molecular weight excluding hydrogens is 356 g/mol. The Labute approximate surface area is 168 Å². The van der Waals surface area contributed by atoms with Crippen LogP contribution in [0.3, 0.4) is 0 Å². The second kappa shape index (κ2) is 8.23. The van der Waals surface area contributed by atoms with E-state index in [0.29, 0.717) is 5.92 Å². The van der Waals surface area contributed by atoms with Crippen molar-refractivity contribution in [1.82, 2.24) is 19.3 Å². The Hall–Kier alpha value is -1.53. The van der Waals surface area contributed by atoms with Crippen molar-refractivity contribution in [3.8, 4) is 0 Å². The van der Waals surface area contributed by atoms with Gasteiger partial charge in [-0.3, -0.25) is 4.40 Å². The zero-order chi connectivity index (χ0) is 19.6. The van der Waals surface area contributed by atoms with Crippen molar-refractivity contribution in [3.05, 3.63) is 29.5 Å². The van der Waals surface area contributed by atoms with Crippen LogP contribution in [-0.2, 0) is 16.6 Å². The number of ether oxygens (including phenoxy) is 1. The Kier molecular flexibility index (Phi) is 6.16. The van der Waals surface area contributed by atoms with Gasteiger partial charge in [-0.05, 0) is 39.0 Å². The molecule has 0 amide bonds. The summed E-state index contributed by atoms with van der Waals surface area (Å²) in [6.07, 6.45) is 5.18. The molecule has 3 heterocycles. The third-order valence-electron chi connectivity index (χ3n) is 5.42. The fourth-order valence-corrected chi connectivity index (χ4v) is 4.17. The topological polar surface area (TPSA) is 42.7 Å². The van der Waals surface area contributed by atoms with E-state index in [1.54, 1.807) is 0 Å². The normalized spacial score (nSPS) is 16.0. The standard InChI is InChI=1S/C21H32N4OS/c1-6-24(7-2)20(27)16-13-18-23-19(21(3,4)5)17(25(18)14-22-16)12-15-8-10-26-11-9-15/h13-15H,6-12H2,1-5H3. The highest BCUT2D eigenvalue weighted by Gasteiger charge is 2.27. The summed E-state index contributed by atoms with van der Waals surface area (Å²) in [5, 5.41) is 0. The summed E-state index contributed by atoms with van der Waals surface area (Å²) in [6.45, 7) is 14.4. The van der Waals surface area contributed by atoms with E-state index in [-0.39, 0.29) is 5.41 Å². The van der Waals surface area contributed by atoms with E-state index < -0.39 is 0 Å². The lowest BCUT2D eigenvalue weighted by Crippen LogP contribution is -2.30. The molecule has 1 fully saturated rings. The molecule has 0 atom stereocenters. The molecule has 6 heteroatoms. The van der Waals surface area contributed by atoms with Gasteiger partial charge in [0.1, 0.15) is 22.7 Å². The predicted molar refractivity (Wildman–Crippen MR) is 114 cm³/mol. The third kappa shape index (κ3) is 4.32. The highest BCUT2D eigenvalue weighted by molar-refractivity contribution is 7.80. The van der Waals surface area contributed by atoms with Crippen LogP contribution >= 0.6 is 12.2 Å². The van der Waals surface area contributed by atoms with Gasteiger partial charge in [0.05, 0.1) is 5.69 Å². The molecule has 0 unspecified atom stereocenters. The van der Waals surface area contributed by atoms with E-state index in [4.69, 9.17) is 21.9 Å². The number of fused-ring (bicyclic) bond motifs is 1. The molecule has 0 bridgehead atoms. The molecule has 5 nitrogen and oxygen atoms in total. The molecule has 1 aliphatic rings. The lowest BCUT2D eigenvalue weighted by atomic mass is 9.86. The maximum Gasteiger partial charge on any atom is 0.140 e. The molecule has 0 spiro atoms. The molecule has 2 aromatic heterocycles. The van der Waals surface area contributed by atoms with Crippen LogP contribution in [0.1, 0.15) is 64.5 Å². The second-order valence-corrected chi connectivity index (χ2v) is 8.78. The minimum Gasteiger partial charge on any atom is -0.381 e. The SMILES string of the molecule is CCN(CC)C(=S)c1cc2nc(C(C)(C)C)c(CC3CCOCC3)n2cn1. The van der Waals surface area contributed by atoms with Gasteiger partial charge in [0.2, 0.25) is 0 Å². The minimum atomic E-state index is -0.00787. The number of hydrogen-bond donors (Lipinski definition) is 0. The van der Waals surface area contributed by atoms with Gasteiger partial charge in [-0.1, -0.05) is 33.0 Å². The number of nitrogens with zero attached hydrogens (tertiary/aromatic N) is 4. The van der Waals surface area contributed by atoms with Crippen molar-refractivity contribution in [2.75, 3.05) is 26.3 Å². The molecule has 2 aromatic rings. The van der Waals surface area contributed by atoms with E-state index in [0.717, 1.165) is 61.9 Å². The average molecular weight is 389 g/mol. The Morgan fingerprint density at radius 1 is 1.26 bits per heavy atom. The summed E-state index contributed by atoms with van der Waals surface area (Å²) >= 11 is 5.66. The first kappa shape index (κ1) is 20.2. The molecule has 0 aliphatic carbocycles. The van der Waals surface area contributed by atoms with Gasteiger partial charge >= 0.3 is 0 Å². The van der Waals surface area contributed by atoms with Gasteiger partial charge in [0.15, 0.2) is 0 Å². The molecule has 1 aliphatic heterocycles. The second-order valence-electron chi connectivity index (χ2n) is 8.40. The maximum atomic E-state index is 5.66. The fraction of sp³-hybridized carbons (Fsp3) is 0.667. The number of hydrogen-bond acceptors (Lipinski definition) is 4. The van der Waals surface area contributed by atoms with Crippen LogP contribution < -0.4 is 0 Å². The van der Waals surface area contributed by atoms with Crippen LogP contribution in [0.25, 0.3) is 5.65 Å². The first-order valence-corrected chi connectivity index (χ1v) is 10.5. The molecule has 1 saturated heterocycles. The zero-order valence-corrected chi connectivity index (χ0v) is 18.1. The molecule has 0 saturated carbocycles. The quantitative estimate of drug-likeness (QED) is 0.724. The summed E-state index contributed by atoms with van der Waals surface area (Å²) < 4.78 is 7.71. The monoisotopic (exact) mass is 388 g/mol. The molecule has 27 heavy (non-hydrogen) atoms. The van der Waals surface area contributed by atoms with Crippen LogP contribution in [0, 0.1) is 5.92 Å². The van der Waals surface area contributed by atoms with Gasteiger partial charge in [-0.2, -0.15) is 0 Å². The smallest absolute Gasteiger partial charge is 0.140 e. The lowest BCUT2D eigenvalue weighted by molar-refractivity contribution is 0.0661. The van der Waals surface area contributed by atoms with E-state index in [1.807, 2.05) is 12.4 Å². The number of aromatic nitrogens is 3. The van der Waals surface area contributed by atoms with Crippen molar-refractivity contribution in [2.45, 2.75) is 59.3 Å². The van der Waals surface area contributed by atoms with E-state index in [9.17, 15) is 0 Å². The van der Waals surface area contributed by atoms with Crippen LogP contribution in [0.15, 0.2) is 12.4 Å². The van der Waals surface area contributed by atoms with Gasteiger partial charge < -0.3 is 9.64 Å². The largest absolute Gasteiger partial charge is 0.381 e. The Morgan fingerprint density at radius 3 is 2.52 bits per heavy atom. The zero-order valence-electron chi connectivity index (χ0n) is 17.3. The maximum absolute atomic E-state index is 5.66.